The highest BCUT2D eigenvalue weighted by Crippen LogP contribution is 2.40. The van der Waals surface area contributed by atoms with Gasteiger partial charge in [0.25, 0.3) is 0 Å². The van der Waals surface area contributed by atoms with Crippen LogP contribution in [0.2, 0.25) is 0 Å². The quantitative estimate of drug-likeness (QED) is 0.186. The van der Waals surface area contributed by atoms with E-state index in [0.29, 0.717) is 0 Å². The van der Waals surface area contributed by atoms with Gasteiger partial charge in [-0.25, -0.2) is 0 Å². The number of hydrogen-bond acceptors (Lipinski definition) is 1. The molecule has 3 aromatic heterocycles. The van der Waals surface area contributed by atoms with Gasteiger partial charge in [-0.2, -0.15) is 0 Å². The Bertz CT molecular complexity index is 2990. The fourth-order valence-electron chi connectivity index (χ4n) is 8.53. The molecule has 0 saturated heterocycles. The first-order valence-electron chi connectivity index (χ1n) is 17.7. The van der Waals surface area contributed by atoms with E-state index in [0.717, 1.165) is 68.4 Å². The second kappa shape index (κ2) is 11.0. The first-order valence-corrected chi connectivity index (χ1v) is 17.7. The summed E-state index contributed by atoms with van der Waals surface area (Å²) in [6.45, 7) is 0. The van der Waals surface area contributed by atoms with Gasteiger partial charge in [-0.1, -0.05) is 115 Å². The van der Waals surface area contributed by atoms with Crippen molar-refractivity contribution in [1.82, 2.24) is 9.13 Å². The van der Waals surface area contributed by atoms with Gasteiger partial charge in [0.1, 0.15) is 11.2 Å². The summed E-state index contributed by atoms with van der Waals surface area (Å²) >= 11 is 0. The number of hydrogen-bond donors (Lipinski definition) is 0. The Labute approximate surface area is 294 Å². The number of aryl methyl sites for hydroxylation is 1. The number of para-hydroxylation sites is 5. The average molecular weight is 653 g/mol. The number of aromatic nitrogens is 2. The molecule has 0 fully saturated rings. The maximum Gasteiger partial charge on any atom is 0.143 e. The van der Waals surface area contributed by atoms with Crippen molar-refractivity contribution in [2.45, 2.75) is 12.8 Å². The van der Waals surface area contributed by atoms with E-state index in [1.165, 1.54) is 44.0 Å². The van der Waals surface area contributed by atoms with Crippen LogP contribution in [0.5, 0.6) is 0 Å². The number of allylic oxidation sites excluding steroid dienone is 1. The van der Waals surface area contributed by atoms with Gasteiger partial charge in [-0.05, 0) is 89.7 Å². The zero-order valence-electron chi connectivity index (χ0n) is 27.9. The number of furan rings is 1. The van der Waals surface area contributed by atoms with E-state index in [1.54, 1.807) is 0 Å². The monoisotopic (exact) mass is 652 g/mol. The van der Waals surface area contributed by atoms with Crippen LogP contribution in [0.15, 0.2) is 168 Å². The predicted molar refractivity (Wildman–Crippen MR) is 213 cm³/mol. The van der Waals surface area contributed by atoms with Gasteiger partial charge < -0.3 is 13.6 Å². The zero-order valence-corrected chi connectivity index (χ0v) is 27.9. The Kier molecular flexibility index (Phi) is 6.08. The van der Waals surface area contributed by atoms with Crippen LogP contribution in [0, 0.1) is 0 Å². The van der Waals surface area contributed by atoms with Gasteiger partial charge in [0, 0.05) is 49.6 Å². The SMILES string of the molecule is C1=Cc2c(c3ccccc3n2-c2cc(-c3cccc(-c4cccc5c4oc4ccccc45)c3)cc(-n3c4ccccc4c4ccccc43)c2)CC1. The van der Waals surface area contributed by atoms with E-state index in [9.17, 15) is 0 Å². The largest absolute Gasteiger partial charge is 0.455 e. The lowest BCUT2D eigenvalue weighted by Gasteiger charge is -2.17. The lowest BCUT2D eigenvalue weighted by Crippen LogP contribution is -2.03. The molecule has 1 aliphatic rings. The average Bonchev–Trinajstić information content (AvgIpc) is 3.86. The van der Waals surface area contributed by atoms with Crippen molar-refractivity contribution in [3.05, 3.63) is 175 Å². The van der Waals surface area contributed by atoms with Gasteiger partial charge in [-0.15, -0.1) is 0 Å². The highest BCUT2D eigenvalue weighted by Gasteiger charge is 2.21. The molecule has 0 saturated carbocycles. The molecule has 0 N–H and O–H groups in total. The number of rotatable bonds is 4. The lowest BCUT2D eigenvalue weighted by molar-refractivity contribution is 0.670. The van der Waals surface area contributed by atoms with E-state index in [-0.39, 0.29) is 0 Å². The number of nitrogens with zero attached hydrogens (tertiary/aromatic N) is 2. The van der Waals surface area contributed by atoms with E-state index < -0.39 is 0 Å². The molecule has 3 nitrogen and oxygen atoms in total. The summed E-state index contributed by atoms with van der Waals surface area (Å²) in [6, 6.07) is 57.2. The standard InChI is InChI=1S/C48H32N2O/c1-6-22-43-37(15-1)38-16-2-7-23-44(38)49(43)34-28-33(29-35(30-34)50-45-24-8-3-17-39(45)40-18-4-9-25-46(40)50)31-13-11-14-32(27-31)36-20-12-21-42-41-19-5-10-26-47(41)51-48(36)42/h1-3,5-17,19-30H,4,18H2. The molecule has 1 aliphatic carbocycles. The van der Waals surface area contributed by atoms with Gasteiger partial charge in [0.05, 0.1) is 16.6 Å². The highest BCUT2D eigenvalue weighted by atomic mass is 16.3. The van der Waals surface area contributed by atoms with Crippen LogP contribution in [0.3, 0.4) is 0 Å². The molecule has 240 valence electrons. The van der Waals surface area contributed by atoms with Crippen LogP contribution in [0.25, 0.3) is 94.4 Å². The Morgan fingerprint density at radius 3 is 1.84 bits per heavy atom. The van der Waals surface area contributed by atoms with Crippen LogP contribution in [0.1, 0.15) is 17.7 Å². The summed E-state index contributed by atoms with van der Waals surface area (Å²) in [5.41, 5.74) is 15.0. The Balaban J connectivity index is 1.18. The molecule has 11 rings (SSSR count). The minimum Gasteiger partial charge on any atom is -0.455 e. The summed E-state index contributed by atoms with van der Waals surface area (Å²) in [4.78, 5) is 0. The van der Waals surface area contributed by atoms with Crippen LogP contribution in [-0.4, -0.2) is 9.13 Å². The summed E-state index contributed by atoms with van der Waals surface area (Å²) in [7, 11) is 0. The molecule has 3 heteroatoms. The maximum atomic E-state index is 6.48. The molecule has 7 aromatic carbocycles. The fraction of sp³-hybridized carbons (Fsp3) is 0.0417. The first-order chi connectivity index (χ1) is 25.3. The van der Waals surface area contributed by atoms with Crippen molar-refractivity contribution < 1.29 is 4.42 Å². The first kappa shape index (κ1) is 28.3. The molecule has 0 amide bonds. The molecule has 0 unspecified atom stereocenters. The Hall–Kier alpha value is -6.58. The molecule has 0 spiro atoms. The highest BCUT2D eigenvalue weighted by molar-refractivity contribution is 6.10. The van der Waals surface area contributed by atoms with E-state index >= 15 is 0 Å². The van der Waals surface area contributed by atoms with Gasteiger partial charge >= 0.3 is 0 Å². The van der Waals surface area contributed by atoms with Crippen LogP contribution < -0.4 is 0 Å². The smallest absolute Gasteiger partial charge is 0.143 e. The summed E-state index contributed by atoms with van der Waals surface area (Å²) in [6.07, 6.45) is 6.75. The normalized spacial score (nSPS) is 12.9. The minimum atomic E-state index is 0.913. The number of benzene rings is 7. The number of fused-ring (bicyclic) bond motifs is 9. The van der Waals surface area contributed by atoms with E-state index in [2.05, 4.69) is 173 Å². The topological polar surface area (TPSA) is 23.0 Å². The second-order valence-electron chi connectivity index (χ2n) is 13.6. The molecule has 0 atom stereocenters. The van der Waals surface area contributed by atoms with Crippen molar-refractivity contribution in [2.24, 2.45) is 0 Å². The summed E-state index contributed by atoms with van der Waals surface area (Å²) in [5, 5.41) is 6.13. The van der Waals surface area contributed by atoms with Crippen molar-refractivity contribution >= 4 is 60.7 Å². The van der Waals surface area contributed by atoms with Crippen molar-refractivity contribution in [2.75, 3.05) is 0 Å². The molecule has 0 radical (unpaired) electrons. The zero-order chi connectivity index (χ0) is 33.5. The Morgan fingerprint density at radius 1 is 0.451 bits per heavy atom. The molecular formula is C48H32N2O. The Morgan fingerprint density at radius 2 is 1.06 bits per heavy atom. The fourth-order valence-corrected chi connectivity index (χ4v) is 8.53. The molecule has 10 aromatic rings. The second-order valence-corrected chi connectivity index (χ2v) is 13.6. The van der Waals surface area contributed by atoms with Crippen LogP contribution in [-0.2, 0) is 6.42 Å². The maximum absolute atomic E-state index is 6.48. The van der Waals surface area contributed by atoms with Crippen LogP contribution in [0.4, 0.5) is 0 Å². The van der Waals surface area contributed by atoms with Crippen LogP contribution >= 0.6 is 0 Å². The van der Waals surface area contributed by atoms with Crippen molar-refractivity contribution in [1.29, 1.82) is 0 Å². The molecule has 3 heterocycles. The molecule has 51 heavy (non-hydrogen) atoms. The third-order valence-corrected chi connectivity index (χ3v) is 10.8. The van der Waals surface area contributed by atoms with Gasteiger partial charge in [0.15, 0.2) is 0 Å². The van der Waals surface area contributed by atoms with E-state index in [4.69, 9.17) is 4.42 Å². The van der Waals surface area contributed by atoms with Gasteiger partial charge in [-0.3, -0.25) is 0 Å². The summed E-state index contributed by atoms with van der Waals surface area (Å²) < 4.78 is 11.4. The predicted octanol–water partition coefficient (Wildman–Crippen LogP) is 12.9. The van der Waals surface area contributed by atoms with Gasteiger partial charge in [0.2, 0.25) is 0 Å². The molecule has 0 aliphatic heterocycles. The third-order valence-electron chi connectivity index (χ3n) is 10.8. The third kappa shape index (κ3) is 4.25. The summed E-state index contributed by atoms with van der Waals surface area (Å²) in [5.74, 6) is 0. The van der Waals surface area contributed by atoms with E-state index in [1.807, 2.05) is 6.07 Å². The van der Waals surface area contributed by atoms with Crippen molar-refractivity contribution in [3.8, 4) is 33.6 Å². The molecular weight excluding hydrogens is 621 g/mol. The minimum absolute atomic E-state index is 0.913. The van der Waals surface area contributed by atoms with Crippen molar-refractivity contribution in [3.63, 3.8) is 0 Å². The molecule has 0 bridgehead atoms. The lowest BCUT2D eigenvalue weighted by atomic mass is 9.97.